The van der Waals surface area contributed by atoms with Crippen LogP contribution >= 0.6 is 0 Å². The number of nitrogens with zero attached hydrogens (tertiary/aromatic N) is 1. The van der Waals surface area contributed by atoms with Crippen molar-refractivity contribution >= 4 is 28.7 Å². The average molecular weight is 338 g/mol. The van der Waals surface area contributed by atoms with Gasteiger partial charge in [-0.3, -0.25) is 9.59 Å². The lowest BCUT2D eigenvalue weighted by Crippen LogP contribution is -2.36. The first-order valence-corrected chi connectivity index (χ1v) is 8.72. The highest BCUT2D eigenvalue weighted by Crippen LogP contribution is 2.48. The number of amides is 1. The zero-order valence-electron chi connectivity index (χ0n) is 13.5. The van der Waals surface area contributed by atoms with Gasteiger partial charge in [0, 0.05) is 11.6 Å². The monoisotopic (exact) mass is 338 g/mol. The number of anilines is 1. The van der Waals surface area contributed by atoms with Crippen molar-refractivity contribution in [2.45, 2.75) is 25.2 Å². The van der Waals surface area contributed by atoms with Crippen LogP contribution in [0.1, 0.15) is 31.1 Å². The molecule has 2 saturated carbocycles. The van der Waals surface area contributed by atoms with Crippen LogP contribution < -0.4 is 5.32 Å². The molecule has 3 aliphatic carbocycles. The maximum Gasteiger partial charge on any atom is 0.307 e. The van der Waals surface area contributed by atoms with E-state index >= 15 is 0 Å². The summed E-state index contributed by atoms with van der Waals surface area (Å²) in [7, 11) is 0. The number of allylic oxidation sites excluding steroid dienone is 2. The molecule has 2 aromatic rings. The Morgan fingerprint density at radius 1 is 1.16 bits per heavy atom. The van der Waals surface area contributed by atoms with Crippen molar-refractivity contribution in [2.24, 2.45) is 23.7 Å². The van der Waals surface area contributed by atoms with Gasteiger partial charge in [-0.15, -0.1) is 0 Å². The zero-order chi connectivity index (χ0) is 17.1. The van der Waals surface area contributed by atoms with Crippen LogP contribution in [0, 0.1) is 23.7 Å². The minimum Gasteiger partial charge on any atom is -0.481 e. The second kappa shape index (κ2) is 5.18. The number of hydrogen-bond acceptors (Lipinski definition) is 4. The molecule has 0 unspecified atom stereocenters. The van der Waals surface area contributed by atoms with E-state index in [4.69, 9.17) is 4.42 Å². The number of carboxylic acid groups (broad SMARTS) is 1. The summed E-state index contributed by atoms with van der Waals surface area (Å²) in [4.78, 5) is 28.8. The molecule has 0 aliphatic heterocycles. The Bertz CT molecular complexity index is 911. The molecule has 1 heterocycles. The van der Waals surface area contributed by atoms with Gasteiger partial charge in [0.05, 0.1) is 11.8 Å². The number of oxazole rings is 1. The van der Waals surface area contributed by atoms with Crippen LogP contribution in [0.5, 0.6) is 0 Å². The molecule has 6 heteroatoms. The maximum atomic E-state index is 12.7. The average Bonchev–Trinajstić information content (AvgIpc) is 3.04. The number of carbonyl (C=O) groups excluding carboxylic acids is 1. The van der Waals surface area contributed by atoms with E-state index in [-0.39, 0.29) is 17.7 Å². The molecule has 1 aromatic heterocycles. The Labute approximate surface area is 143 Å². The van der Waals surface area contributed by atoms with Crippen molar-refractivity contribution in [3.63, 3.8) is 0 Å². The Balaban J connectivity index is 1.39. The molecule has 3 aliphatic rings. The number of carbonyl (C=O) groups is 2. The van der Waals surface area contributed by atoms with Crippen LogP contribution in [0.25, 0.3) is 11.1 Å². The first-order chi connectivity index (χ1) is 12.1. The minimum atomic E-state index is -0.891. The summed E-state index contributed by atoms with van der Waals surface area (Å²) in [5.41, 5.74) is 2.07. The topological polar surface area (TPSA) is 92.4 Å². The standard InChI is InChI=1S/C19H18N2O4/c22-17(15-10-3-4-11(7-10)16(15)19(23)24)20-12-5-6-14-13(8-12)21-18(25-14)9-1-2-9/h3-6,8-11,15-16H,1-2,7H2,(H,20,22)(H,23,24)/t10-,11-,15-,16+/m0/s1. The Hall–Kier alpha value is -2.63. The molecule has 0 saturated heterocycles. The predicted octanol–water partition coefficient (Wildman–Crippen LogP) is 3.17. The van der Waals surface area contributed by atoms with Crippen molar-refractivity contribution in [3.05, 3.63) is 36.2 Å². The highest BCUT2D eigenvalue weighted by Gasteiger charge is 2.51. The van der Waals surface area contributed by atoms with Gasteiger partial charge in [0.15, 0.2) is 11.5 Å². The third-order valence-corrected chi connectivity index (χ3v) is 5.65. The molecule has 1 amide bonds. The van der Waals surface area contributed by atoms with Gasteiger partial charge in [0.1, 0.15) is 5.52 Å². The predicted molar refractivity (Wildman–Crippen MR) is 90.0 cm³/mol. The van der Waals surface area contributed by atoms with E-state index in [9.17, 15) is 14.7 Å². The van der Waals surface area contributed by atoms with E-state index in [1.165, 1.54) is 0 Å². The maximum absolute atomic E-state index is 12.7. The van der Waals surface area contributed by atoms with E-state index in [0.29, 0.717) is 17.2 Å². The largest absolute Gasteiger partial charge is 0.481 e. The van der Waals surface area contributed by atoms with Gasteiger partial charge in [-0.05, 0) is 49.3 Å². The fourth-order valence-corrected chi connectivity index (χ4v) is 4.27. The van der Waals surface area contributed by atoms with Crippen LogP contribution in [-0.4, -0.2) is 22.0 Å². The summed E-state index contributed by atoms with van der Waals surface area (Å²) >= 11 is 0. The molecule has 2 bridgehead atoms. The number of hydrogen-bond donors (Lipinski definition) is 2. The number of aromatic nitrogens is 1. The molecule has 0 radical (unpaired) electrons. The van der Waals surface area contributed by atoms with E-state index in [0.717, 1.165) is 30.7 Å². The SMILES string of the molecule is O=C(Nc1ccc2oc(C3CC3)nc2c1)[C@@H]1[C@H](C(=O)O)[C@H]2C=C[C@H]1C2. The molecular weight excluding hydrogens is 320 g/mol. The highest BCUT2D eigenvalue weighted by molar-refractivity contribution is 5.97. The smallest absolute Gasteiger partial charge is 0.307 e. The van der Waals surface area contributed by atoms with Gasteiger partial charge >= 0.3 is 5.97 Å². The molecule has 6 nitrogen and oxygen atoms in total. The Morgan fingerprint density at radius 3 is 2.64 bits per heavy atom. The summed E-state index contributed by atoms with van der Waals surface area (Å²) < 4.78 is 5.73. The lowest BCUT2D eigenvalue weighted by atomic mass is 9.82. The Morgan fingerprint density at radius 2 is 1.92 bits per heavy atom. The van der Waals surface area contributed by atoms with Crippen molar-refractivity contribution in [2.75, 3.05) is 5.32 Å². The molecule has 1 aromatic carbocycles. The van der Waals surface area contributed by atoms with Crippen LogP contribution in [0.15, 0.2) is 34.8 Å². The van der Waals surface area contributed by atoms with Crippen LogP contribution in [-0.2, 0) is 9.59 Å². The number of benzene rings is 1. The third-order valence-electron chi connectivity index (χ3n) is 5.65. The van der Waals surface area contributed by atoms with Gasteiger partial charge in [0.2, 0.25) is 5.91 Å². The molecule has 25 heavy (non-hydrogen) atoms. The van der Waals surface area contributed by atoms with Crippen molar-refractivity contribution < 1.29 is 19.1 Å². The second-order valence-electron chi connectivity index (χ2n) is 7.34. The molecule has 2 N–H and O–H groups in total. The fraction of sp³-hybridized carbons (Fsp3) is 0.421. The fourth-order valence-electron chi connectivity index (χ4n) is 4.27. The van der Waals surface area contributed by atoms with Crippen LogP contribution in [0.2, 0.25) is 0 Å². The zero-order valence-corrected chi connectivity index (χ0v) is 13.5. The van der Waals surface area contributed by atoms with Gasteiger partial charge < -0.3 is 14.8 Å². The quantitative estimate of drug-likeness (QED) is 0.835. The normalized spacial score (nSPS) is 30.1. The van der Waals surface area contributed by atoms with Crippen molar-refractivity contribution in [3.8, 4) is 0 Å². The summed E-state index contributed by atoms with van der Waals surface area (Å²) in [6.45, 7) is 0. The Kier molecular flexibility index (Phi) is 3.04. The van der Waals surface area contributed by atoms with E-state index < -0.39 is 17.8 Å². The number of aliphatic carboxylic acids is 1. The van der Waals surface area contributed by atoms with Gasteiger partial charge in [-0.25, -0.2) is 4.98 Å². The number of fused-ring (bicyclic) bond motifs is 3. The van der Waals surface area contributed by atoms with Crippen LogP contribution in [0.3, 0.4) is 0 Å². The van der Waals surface area contributed by atoms with Gasteiger partial charge in [-0.2, -0.15) is 0 Å². The van der Waals surface area contributed by atoms with Crippen molar-refractivity contribution in [1.82, 2.24) is 4.98 Å². The highest BCUT2D eigenvalue weighted by atomic mass is 16.4. The minimum absolute atomic E-state index is 0.0170. The first-order valence-electron chi connectivity index (χ1n) is 8.72. The molecule has 4 atom stereocenters. The van der Waals surface area contributed by atoms with Crippen molar-refractivity contribution in [1.29, 1.82) is 0 Å². The lowest BCUT2D eigenvalue weighted by molar-refractivity contribution is -0.146. The summed E-state index contributed by atoms with van der Waals surface area (Å²) in [5, 5.41) is 12.4. The summed E-state index contributed by atoms with van der Waals surface area (Å²) in [6.07, 6.45) is 6.91. The molecule has 0 spiro atoms. The number of carboxylic acids is 1. The number of nitrogens with one attached hydrogen (secondary N) is 1. The molecular formula is C19H18N2O4. The van der Waals surface area contributed by atoms with Gasteiger partial charge in [0.25, 0.3) is 0 Å². The van der Waals surface area contributed by atoms with Crippen LogP contribution in [0.4, 0.5) is 5.69 Å². The molecule has 128 valence electrons. The second-order valence-corrected chi connectivity index (χ2v) is 7.34. The molecule has 2 fully saturated rings. The molecule has 5 rings (SSSR count). The van der Waals surface area contributed by atoms with E-state index in [2.05, 4.69) is 10.3 Å². The van der Waals surface area contributed by atoms with E-state index in [1.54, 1.807) is 18.2 Å². The third kappa shape index (κ3) is 2.35. The summed E-state index contributed by atoms with van der Waals surface area (Å²) in [6, 6.07) is 5.38. The van der Waals surface area contributed by atoms with Gasteiger partial charge in [-0.1, -0.05) is 12.2 Å². The first kappa shape index (κ1) is 14.7. The summed E-state index contributed by atoms with van der Waals surface area (Å²) in [5.74, 6) is -1.08. The number of rotatable bonds is 4. The lowest BCUT2D eigenvalue weighted by Gasteiger charge is -2.23. The van der Waals surface area contributed by atoms with E-state index in [1.807, 2.05) is 12.2 Å².